The first-order valence-corrected chi connectivity index (χ1v) is 7.20. The first kappa shape index (κ1) is 13.8. The molecule has 0 saturated carbocycles. The normalized spacial score (nSPS) is 10.5. The lowest BCUT2D eigenvalue weighted by molar-refractivity contribution is 0.414. The van der Waals surface area contributed by atoms with E-state index in [0.29, 0.717) is 0 Å². The largest absolute Gasteiger partial charge is 0.497 e. The topological polar surface area (TPSA) is 35.2 Å². The highest BCUT2D eigenvalue weighted by Crippen LogP contribution is 2.29. The monoisotopic (exact) mass is 273 g/mol. The summed E-state index contributed by atoms with van der Waals surface area (Å²) in [5, 5.41) is 0. The van der Waals surface area contributed by atoms with E-state index < -0.39 is 0 Å². The van der Waals surface area contributed by atoms with Crippen molar-refractivity contribution >= 4 is 17.4 Å². The van der Waals surface area contributed by atoms with Gasteiger partial charge in [0.25, 0.3) is 0 Å². The van der Waals surface area contributed by atoms with Crippen molar-refractivity contribution in [2.45, 2.75) is 24.5 Å². The van der Waals surface area contributed by atoms with Crippen LogP contribution in [0.25, 0.3) is 0 Å². The van der Waals surface area contributed by atoms with Gasteiger partial charge in [0, 0.05) is 22.4 Å². The van der Waals surface area contributed by atoms with Crippen LogP contribution in [0.2, 0.25) is 0 Å². The summed E-state index contributed by atoms with van der Waals surface area (Å²) in [6.45, 7) is 4.26. The Morgan fingerprint density at radius 3 is 2.58 bits per heavy atom. The zero-order valence-electron chi connectivity index (χ0n) is 11.6. The number of hydrogen-bond acceptors (Lipinski definition) is 3. The van der Waals surface area contributed by atoms with Gasteiger partial charge in [-0.2, -0.15) is 0 Å². The second-order valence-electron chi connectivity index (χ2n) is 4.67. The fourth-order valence-electron chi connectivity index (χ4n) is 2.01. The Kier molecular flexibility index (Phi) is 4.38. The van der Waals surface area contributed by atoms with E-state index in [1.807, 2.05) is 30.0 Å². The third-order valence-corrected chi connectivity index (χ3v) is 4.20. The molecule has 0 unspecified atom stereocenters. The SMILES string of the molecule is COc1cc(N)cc(CSc2ccc(C)cc2C)c1. The van der Waals surface area contributed by atoms with E-state index >= 15 is 0 Å². The Hall–Kier alpha value is -1.61. The number of nitrogens with two attached hydrogens (primary N) is 1. The second-order valence-corrected chi connectivity index (χ2v) is 5.69. The molecule has 0 radical (unpaired) electrons. The van der Waals surface area contributed by atoms with Crippen molar-refractivity contribution < 1.29 is 4.74 Å². The van der Waals surface area contributed by atoms with Gasteiger partial charge in [-0.1, -0.05) is 17.7 Å². The number of methoxy groups -OCH3 is 1. The van der Waals surface area contributed by atoms with E-state index in [1.165, 1.54) is 21.6 Å². The van der Waals surface area contributed by atoms with Gasteiger partial charge in [-0.05, 0) is 43.2 Å². The van der Waals surface area contributed by atoms with Crippen LogP contribution in [0.5, 0.6) is 5.75 Å². The van der Waals surface area contributed by atoms with Crippen LogP contribution in [0.1, 0.15) is 16.7 Å². The number of thioether (sulfide) groups is 1. The maximum atomic E-state index is 5.86. The van der Waals surface area contributed by atoms with E-state index in [-0.39, 0.29) is 0 Å². The molecule has 0 atom stereocenters. The smallest absolute Gasteiger partial charge is 0.121 e. The predicted octanol–water partition coefficient (Wildman–Crippen LogP) is 4.19. The average Bonchev–Trinajstić information content (AvgIpc) is 2.37. The lowest BCUT2D eigenvalue weighted by Gasteiger charge is -2.09. The maximum Gasteiger partial charge on any atom is 0.121 e. The molecular formula is C16H19NOS. The van der Waals surface area contributed by atoms with Crippen LogP contribution >= 0.6 is 11.8 Å². The van der Waals surface area contributed by atoms with Crippen molar-refractivity contribution in [3.63, 3.8) is 0 Å². The van der Waals surface area contributed by atoms with E-state index in [0.717, 1.165) is 17.2 Å². The maximum absolute atomic E-state index is 5.86. The molecule has 3 heteroatoms. The molecule has 0 aliphatic carbocycles. The number of anilines is 1. The van der Waals surface area contributed by atoms with Crippen LogP contribution in [-0.2, 0) is 5.75 Å². The lowest BCUT2D eigenvalue weighted by atomic mass is 10.2. The van der Waals surface area contributed by atoms with Crippen LogP contribution in [0.15, 0.2) is 41.3 Å². The Morgan fingerprint density at radius 1 is 1.11 bits per heavy atom. The summed E-state index contributed by atoms with van der Waals surface area (Å²) in [7, 11) is 1.66. The number of ether oxygens (including phenoxy) is 1. The van der Waals surface area contributed by atoms with Gasteiger partial charge in [-0.15, -0.1) is 11.8 Å². The average molecular weight is 273 g/mol. The standard InChI is InChI=1S/C16H19NOS/c1-11-4-5-16(12(2)6-11)19-10-13-7-14(17)9-15(8-13)18-3/h4-9H,10,17H2,1-3H3. The fourth-order valence-corrected chi connectivity index (χ4v) is 2.95. The van der Waals surface area contributed by atoms with Crippen molar-refractivity contribution in [3.8, 4) is 5.75 Å². The summed E-state index contributed by atoms with van der Waals surface area (Å²) >= 11 is 1.83. The first-order chi connectivity index (χ1) is 9.08. The molecule has 0 amide bonds. The molecule has 0 saturated heterocycles. The van der Waals surface area contributed by atoms with Gasteiger partial charge in [-0.3, -0.25) is 0 Å². The molecule has 2 nitrogen and oxygen atoms in total. The molecule has 0 aliphatic rings. The molecule has 0 aromatic heterocycles. The third-order valence-electron chi connectivity index (χ3n) is 2.95. The second kappa shape index (κ2) is 6.02. The summed E-state index contributed by atoms with van der Waals surface area (Å²) in [4.78, 5) is 1.31. The first-order valence-electron chi connectivity index (χ1n) is 6.22. The van der Waals surface area contributed by atoms with Gasteiger partial charge >= 0.3 is 0 Å². The number of hydrogen-bond donors (Lipinski definition) is 1. The summed E-state index contributed by atoms with van der Waals surface area (Å²) in [6.07, 6.45) is 0. The van der Waals surface area contributed by atoms with Crippen molar-refractivity contribution in [1.82, 2.24) is 0 Å². The molecule has 2 N–H and O–H groups in total. The molecular weight excluding hydrogens is 254 g/mol. The van der Waals surface area contributed by atoms with Crippen molar-refractivity contribution in [2.24, 2.45) is 0 Å². The molecule has 0 bridgehead atoms. The number of aryl methyl sites for hydroxylation is 2. The van der Waals surface area contributed by atoms with Crippen LogP contribution in [0.4, 0.5) is 5.69 Å². The quantitative estimate of drug-likeness (QED) is 0.670. The van der Waals surface area contributed by atoms with Crippen LogP contribution in [-0.4, -0.2) is 7.11 Å². The molecule has 0 heterocycles. The van der Waals surface area contributed by atoms with Gasteiger partial charge in [0.2, 0.25) is 0 Å². The summed E-state index contributed by atoms with van der Waals surface area (Å²) < 4.78 is 5.24. The zero-order chi connectivity index (χ0) is 13.8. The van der Waals surface area contributed by atoms with Gasteiger partial charge in [0.05, 0.1) is 7.11 Å². The molecule has 100 valence electrons. The molecule has 2 aromatic rings. The van der Waals surface area contributed by atoms with Gasteiger partial charge in [0.1, 0.15) is 5.75 Å². The molecule has 0 fully saturated rings. The highest BCUT2D eigenvalue weighted by Gasteiger charge is 2.03. The van der Waals surface area contributed by atoms with Crippen LogP contribution in [0.3, 0.4) is 0 Å². The summed E-state index contributed by atoms with van der Waals surface area (Å²) in [5.74, 6) is 1.71. The van der Waals surface area contributed by atoms with Gasteiger partial charge in [0.15, 0.2) is 0 Å². The lowest BCUT2D eigenvalue weighted by Crippen LogP contribution is -1.92. The van der Waals surface area contributed by atoms with Crippen molar-refractivity contribution in [1.29, 1.82) is 0 Å². The summed E-state index contributed by atoms with van der Waals surface area (Å²) in [5.41, 5.74) is 10.4. The Morgan fingerprint density at radius 2 is 1.89 bits per heavy atom. The summed E-state index contributed by atoms with van der Waals surface area (Å²) in [6, 6.07) is 12.4. The minimum atomic E-state index is 0.746. The van der Waals surface area contributed by atoms with Crippen LogP contribution < -0.4 is 10.5 Å². The van der Waals surface area contributed by atoms with Crippen LogP contribution in [0, 0.1) is 13.8 Å². The highest BCUT2D eigenvalue weighted by molar-refractivity contribution is 7.98. The molecule has 2 rings (SSSR count). The van der Waals surface area contributed by atoms with E-state index in [2.05, 4.69) is 32.0 Å². The van der Waals surface area contributed by atoms with Gasteiger partial charge < -0.3 is 10.5 Å². The Balaban J connectivity index is 2.12. The fraction of sp³-hybridized carbons (Fsp3) is 0.250. The Labute approximate surface area is 119 Å². The zero-order valence-corrected chi connectivity index (χ0v) is 12.4. The predicted molar refractivity (Wildman–Crippen MR) is 82.9 cm³/mol. The number of rotatable bonds is 4. The molecule has 0 aliphatic heterocycles. The molecule has 19 heavy (non-hydrogen) atoms. The minimum absolute atomic E-state index is 0.746. The van der Waals surface area contributed by atoms with E-state index in [1.54, 1.807) is 7.11 Å². The Bertz CT molecular complexity index is 581. The van der Waals surface area contributed by atoms with E-state index in [4.69, 9.17) is 10.5 Å². The van der Waals surface area contributed by atoms with Crippen molar-refractivity contribution in [3.05, 3.63) is 53.1 Å². The number of benzene rings is 2. The minimum Gasteiger partial charge on any atom is -0.497 e. The van der Waals surface area contributed by atoms with Gasteiger partial charge in [-0.25, -0.2) is 0 Å². The third kappa shape index (κ3) is 3.67. The molecule has 2 aromatic carbocycles. The highest BCUT2D eigenvalue weighted by atomic mass is 32.2. The number of nitrogen functional groups attached to an aromatic ring is 1. The molecule has 0 spiro atoms. The van der Waals surface area contributed by atoms with Crippen molar-refractivity contribution in [2.75, 3.05) is 12.8 Å². The van der Waals surface area contributed by atoms with E-state index in [9.17, 15) is 0 Å².